The molecule has 7 rings (SSSR count). The number of ketones is 1. The van der Waals surface area contributed by atoms with Gasteiger partial charge in [0.25, 0.3) is 17.7 Å². The van der Waals surface area contributed by atoms with E-state index in [2.05, 4.69) is 29.1 Å². The van der Waals surface area contributed by atoms with Gasteiger partial charge < -0.3 is 58.6 Å². The molecule has 1 aromatic carbocycles. The molecular formula is C49H60N8O11. The second-order valence-corrected chi connectivity index (χ2v) is 17.3. The molecule has 362 valence electrons. The van der Waals surface area contributed by atoms with Crippen LogP contribution >= 0.6 is 0 Å². The number of anilines is 3. The van der Waals surface area contributed by atoms with Crippen LogP contribution in [0.25, 0.3) is 0 Å². The molecule has 3 aliphatic heterocycles. The predicted octanol–water partition coefficient (Wildman–Crippen LogP) is 5.38. The van der Waals surface area contributed by atoms with E-state index in [4.69, 9.17) is 24.1 Å². The molecule has 0 radical (unpaired) electrons. The lowest BCUT2D eigenvalue weighted by Crippen LogP contribution is -2.54. The van der Waals surface area contributed by atoms with Gasteiger partial charge in [0.1, 0.15) is 23.7 Å². The number of hydrogen-bond acceptors (Lipinski definition) is 11. The largest absolute Gasteiger partial charge is 0.493 e. The van der Waals surface area contributed by atoms with Gasteiger partial charge in [0.2, 0.25) is 5.91 Å². The molecule has 2 saturated heterocycles. The molecule has 19 heteroatoms. The molecule has 3 aliphatic rings. The van der Waals surface area contributed by atoms with E-state index < -0.39 is 30.6 Å². The molecule has 68 heavy (non-hydrogen) atoms. The fourth-order valence-corrected chi connectivity index (χ4v) is 8.71. The number of nitrogens with one attached hydrogen (secondary N) is 3. The van der Waals surface area contributed by atoms with Gasteiger partial charge >= 0.3 is 6.09 Å². The van der Waals surface area contributed by atoms with Crippen molar-refractivity contribution in [3.63, 3.8) is 0 Å². The van der Waals surface area contributed by atoms with Crippen molar-refractivity contribution in [2.45, 2.75) is 76.9 Å². The van der Waals surface area contributed by atoms with E-state index in [0.717, 1.165) is 18.4 Å². The zero-order valence-corrected chi connectivity index (χ0v) is 39.0. The molecule has 0 saturated carbocycles. The Bertz CT molecular complexity index is 2580. The number of aliphatic hydroxyl groups excluding tert-OH is 1. The number of aryl methyl sites for hydroxylation is 4. The maximum absolute atomic E-state index is 14.2. The van der Waals surface area contributed by atoms with Crippen LogP contribution in [0.4, 0.5) is 21.9 Å². The lowest BCUT2D eigenvalue weighted by molar-refractivity contribution is -0.195. The number of aliphatic hydroxyl groups is 1. The normalized spacial score (nSPS) is 17.8. The summed E-state index contributed by atoms with van der Waals surface area (Å²) in [6, 6.07) is 7.60. The summed E-state index contributed by atoms with van der Waals surface area (Å²) in [5.74, 6) is -1.13. The zero-order valence-electron chi connectivity index (χ0n) is 39.0. The number of benzene rings is 1. The van der Waals surface area contributed by atoms with E-state index in [1.807, 2.05) is 6.92 Å². The van der Waals surface area contributed by atoms with Crippen molar-refractivity contribution in [1.82, 2.24) is 23.9 Å². The van der Waals surface area contributed by atoms with E-state index in [1.165, 1.54) is 11.0 Å². The van der Waals surface area contributed by atoms with Gasteiger partial charge in [0.05, 0.1) is 41.0 Å². The average Bonchev–Trinajstić information content (AvgIpc) is 4.08. The predicted molar refractivity (Wildman–Crippen MR) is 252 cm³/mol. The molecule has 0 bridgehead atoms. The van der Waals surface area contributed by atoms with Crippen LogP contribution in [0.1, 0.15) is 97.9 Å². The number of ether oxygens (including phenoxy) is 4. The standard InChI is InChI=1S/C49H60N8O11/c1-7-16-67-49(64)57-36-25-42(31(3)20-35(36)47(63)56-26-30(2)19-40(56)48(57)68-44-13-8-9-17-66-44)65-18-10-12-43(60)51-33-23-37(54(5)28-33)41(59)22-32-21-38(53(4)27-32)46(62)52-34-24-39(55(6)29-34)45(61)50-14-11-15-58/h7,20-21,23-25,27-29,40,44,48,58H,1-2,8-19,22,26H2,3-6H3,(H,50,61)(H,51,60)(H,52,62)/t40-,44?,48?/m1/s1. The van der Waals surface area contributed by atoms with Crippen LogP contribution in [0.3, 0.4) is 0 Å². The minimum atomic E-state index is -0.944. The van der Waals surface area contributed by atoms with Crippen molar-refractivity contribution in [3.8, 4) is 5.75 Å². The Morgan fingerprint density at radius 2 is 1.63 bits per heavy atom. The summed E-state index contributed by atoms with van der Waals surface area (Å²) in [6.45, 7) is 10.8. The number of carbonyl (C=O) groups is 6. The lowest BCUT2D eigenvalue weighted by atomic mass is 10.1. The van der Waals surface area contributed by atoms with Crippen molar-refractivity contribution >= 4 is 52.6 Å². The minimum absolute atomic E-state index is 0.00552. The summed E-state index contributed by atoms with van der Waals surface area (Å²) in [7, 11) is 5.09. The Hall–Kier alpha value is -6.96. The Morgan fingerprint density at radius 3 is 2.37 bits per heavy atom. The Balaban J connectivity index is 0.955. The topological polar surface area (TPSA) is 217 Å². The number of carbonyl (C=O) groups excluding carboxylic acids is 6. The fraction of sp³-hybridized carbons (Fsp3) is 0.429. The molecule has 3 atom stereocenters. The first-order chi connectivity index (χ1) is 32.6. The maximum Gasteiger partial charge on any atom is 0.416 e. The van der Waals surface area contributed by atoms with Gasteiger partial charge in [-0.05, 0) is 80.8 Å². The third-order valence-electron chi connectivity index (χ3n) is 12.0. The van der Waals surface area contributed by atoms with Crippen LogP contribution in [0.5, 0.6) is 5.75 Å². The molecule has 2 unspecified atom stereocenters. The highest BCUT2D eigenvalue weighted by Gasteiger charge is 2.48. The lowest BCUT2D eigenvalue weighted by Gasteiger charge is -2.38. The van der Waals surface area contributed by atoms with Crippen LogP contribution in [0, 0.1) is 6.92 Å². The van der Waals surface area contributed by atoms with Crippen molar-refractivity contribution in [1.29, 1.82) is 0 Å². The minimum Gasteiger partial charge on any atom is -0.493 e. The molecule has 6 heterocycles. The smallest absolute Gasteiger partial charge is 0.416 e. The van der Waals surface area contributed by atoms with Crippen LogP contribution in [-0.4, -0.2) is 117 Å². The number of nitrogens with zero attached hydrogens (tertiary/aromatic N) is 5. The summed E-state index contributed by atoms with van der Waals surface area (Å²) < 4.78 is 29.1. The SMILES string of the molecule is C=CCOC(=O)N1c2cc(OCCCC(=O)Nc3cc(C(=O)Cc4cc(C(=O)Nc5cc(C(=O)NCCCO)n(C)c5)n(C)c4)n(C)c3)c(C)cc2C(=O)N2CC(=C)C[C@@H]2C1OC1CCCCO1. The quantitative estimate of drug-likeness (QED) is 0.0532. The van der Waals surface area contributed by atoms with Crippen molar-refractivity contribution in [2.75, 3.05) is 55.1 Å². The molecule has 19 nitrogen and oxygen atoms in total. The van der Waals surface area contributed by atoms with Crippen molar-refractivity contribution < 1.29 is 52.8 Å². The number of hydrogen-bond donors (Lipinski definition) is 4. The first-order valence-corrected chi connectivity index (χ1v) is 22.8. The van der Waals surface area contributed by atoms with Gasteiger partial charge in [-0.15, -0.1) is 0 Å². The van der Waals surface area contributed by atoms with Gasteiger partial charge in [-0.1, -0.05) is 24.8 Å². The first-order valence-electron chi connectivity index (χ1n) is 22.8. The highest BCUT2D eigenvalue weighted by molar-refractivity contribution is 6.07. The van der Waals surface area contributed by atoms with Crippen LogP contribution in [-0.2, 0) is 46.6 Å². The summed E-state index contributed by atoms with van der Waals surface area (Å²) >= 11 is 0. The van der Waals surface area contributed by atoms with Gasteiger partial charge in [0, 0.05) is 84.9 Å². The second-order valence-electron chi connectivity index (χ2n) is 17.3. The molecule has 2 fully saturated rings. The fourth-order valence-electron chi connectivity index (χ4n) is 8.71. The van der Waals surface area contributed by atoms with E-state index in [0.29, 0.717) is 90.7 Å². The number of aromatic nitrogens is 3. The van der Waals surface area contributed by atoms with E-state index >= 15 is 0 Å². The number of Topliss-reactive ketones (excluding diaryl/α,β-unsaturated/α-hetero) is 1. The number of rotatable bonds is 19. The van der Waals surface area contributed by atoms with E-state index in [-0.39, 0.29) is 67.4 Å². The molecule has 0 aliphatic carbocycles. The number of fused-ring (bicyclic) bond motifs is 2. The monoisotopic (exact) mass is 936 g/mol. The Kier molecular flexibility index (Phi) is 15.7. The van der Waals surface area contributed by atoms with E-state index in [9.17, 15) is 28.8 Å². The molecule has 4 aromatic rings. The van der Waals surface area contributed by atoms with Gasteiger partial charge in [-0.2, -0.15) is 0 Å². The second kappa shape index (κ2) is 21.8. The molecule has 5 amide bonds. The van der Waals surface area contributed by atoms with Gasteiger partial charge in [-0.25, -0.2) is 9.69 Å². The van der Waals surface area contributed by atoms with Crippen molar-refractivity contribution in [3.05, 3.63) is 108 Å². The third kappa shape index (κ3) is 11.2. The first kappa shape index (κ1) is 49.0. The molecule has 0 spiro atoms. The highest BCUT2D eigenvalue weighted by atomic mass is 16.7. The Morgan fingerprint density at radius 1 is 0.912 bits per heavy atom. The third-order valence-corrected chi connectivity index (χ3v) is 12.0. The summed E-state index contributed by atoms with van der Waals surface area (Å²) in [4.78, 5) is 83.6. The maximum atomic E-state index is 14.2. The Labute approximate surface area is 394 Å². The van der Waals surface area contributed by atoms with E-state index in [1.54, 1.807) is 88.7 Å². The average molecular weight is 937 g/mol. The van der Waals surface area contributed by atoms with Crippen LogP contribution in [0.15, 0.2) is 73.7 Å². The van der Waals surface area contributed by atoms with Gasteiger partial charge in [0.15, 0.2) is 18.3 Å². The summed E-state index contributed by atoms with van der Waals surface area (Å²) in [5.41, 5.74) is 4.53. The highest BCUT2D eigenvalue weighted by Crippen LogP contribution is 2.41. The van der Waals surface area contributed by atoms with Crippen molar-refractivity contribution in [2.24, 2.45) is 21.1 Å². The van der Waals surface area contributed by atoms with Crippen LogP contribution < -0.4 is 25.6 Å². The number of amides is 5. The van der Waals surface area contributed by atoms with Crippen LogP contribution in [0.2, 0.25) is 0 Å². The summed E-state index contributed by atoms with van der Waals surface area (Å²) in [5, 5.41) is 17.4. The van der Waals surface area contributed by atoms with Gasteiger partial charge in [-0.3, -0.25) is 24.0 Å². The summed E-state index contributed by atoms with van der Waals surface area (Å²) in [6.07, 6.45) is 7.89. The zero-order chi connectivity index (χ0) is 48.6. The molecule has 3 aromatic heterocycles. The molecular weight excluding hydrogens is 877 g/mol. The molecule has 4 N–H and O–H groups in total.